The summed E-state index contributed by atoms with van der Waals surface area (Å²) in [5, 5.41) is 0. The van der Waals surface area contributed by atoms with Crippen LogP contribution in [0.15, 0.2) is 21.8 Å². The van der Waals surface area contributed by atoms with Gasteiger partial charge in [-0.25, -0.2) is 0 Å². The number of hydrogen-bond acceptors (Lipinski definition) is 2. The summed E-state index contributed by atoms with van der Waals surface area (Å²) in [6.45, 7) is 6.02. The van der Waals surface area contributed by atoms with E-state index in [4.69, 9.17) is 5.73 Å². The Morgan fingerprint density at radius 1 is 1.42 bits per heavy atom. The van der Waals surface area contributed by atoms with Crippen LogP contribution < -0.4 is 5.73 Å². The van der Waals surface area contributed by atoms with Crippen LogP contribution in [0.25, 0.3) is 0 Å². The van der Waals surface area contributed by atoms with Crippen molar-refractivity contribution < 1.29 is 0 Å². The topological polar surface area (TPSA) is 50.7 Å². The molecule has 3 nitrogen and oxygen atoms in total. The Morgan fingerprint density at radius 2 is 2.00 bits per heavy atom. The normalized spacial score (nSPS) is 14.8. The van der Waals surface area contributed by atoms with Crippen LogP contribution in [0.1, 0.15) is 20.8 Å². The molecule has 68 valence electrons. The van der Waals surface area contributed by atoms with Crippen LogP contribution in [0.2, 0.25) is 0 Å². The fourth-order valence-corrected chi connectivity index (χ4v) is 0.632. The van der Waals surface area contributed by atoms with E-state index in [1.807, 2.05) is 19.2 Å². The lowest BCUT2D eigenvalue weighted by molar-refractivity contribution is 0.906. The summed E-state index contributed by atoms with van der Waals surface area (Å²) >= 11 is 0. The molecule has 0 aromatic heterocycles. The summed E-state index contributed by atoms with van der Waals surface area (Å²) in [6, 6.07) is 0. The molecule has 0 heterocycles. The van der Waals surface area contributed by atoms with Crippen molar-refractivity contribution in [2.45, 2.75) is 20.8 Å². The predicted octanol–water partition coefficient (Wildman–Crippen LogP) is 1.60. The number of nitrogens with zero attached hydrogens (tertiary/aromatic N) is 2. The zero-order chi connectivity index (χ0) is 9.56. The fourth-order valence-electron chi connectivity index (χ4n) is 0.632. The van der Waals surface area contributed by atoms with Gasteiger partial charge in [-0.05, 0) is 12.8 Å². The monoisotopic (exact) mass is 167 g/mol. The maximum absolute atomic E-state index is 5.58. The zero-order valence-corrected chi connectivity index (χ0v) is 8.20. The van der Waals surface area contributed by atoms with E-state index in [0.717, 1.165) is 5.70 Å². The maximum Gasteiger partial charge on any atom is 0.143 e. The molecule has 0 aliphatic carbocycles. The van der Waals surface area contributed by atoms with E-state index in [9.17, 15) is 0 Å². The molecule has 2 N–H and O–H groups in total. The first-order valence-corrected chi connectivity index (χ1v) is 4.05. The molecule has 0 fully saturated rings. The third kappa shape index (κ3) is 3.91. The summed E-state index contributed by atoms with van der Waals surface area (Å²) in [5.41, 5.74) is 6.32. The SMILES string of the molecule is CC=C(N=CC(C)C)C(N)=NC. The van der Waals surface area contributed by atoms with Gasteiger partial charge >= 0.3 is 0 Å². The van der Waals surface area contributed by atoms with E-state index in [1.54, 1.807) is 7.05 Å². The highest BCUT2D eigenvalue weighted by Gasteiger charge is 1.96. The second kappa shape index (κ2) is 5.52. The second-order valence-corrected chi connectivity index (χ2v) is 2.80. The van der Waals surface area contributed by atoms with E-state index >= 15 is 0 Å². The number of nitrogens with two attached hydrogens (primary N) is 1. The van der Waals surface area contributed by atoms with Gasteiger partial charge in [0.1, 0.15) is 5.84 Å². The molecule has 0 rings (SSSR count). The first kappa shape index (κ1) is 10.9. The van der Waals surface area contributed by atoms with Gasteiger partial charge in [-0.15, -0.1) is 0 Å². The molecule has 0 saturated carbocycles. The Hall–Kier alpha value is -1.12. The summed E-state index contributed by atoms with van der Waals surface area (Å²) in [4.78, 5) is 8.04. The minimum absolute atomic E-state index is 0.435. The van der Waals surface area contributed by atoms with Gasteiger partial charge < -0.3 is 5.73 Å². The van der Waals surface area contributed by atoms with Gasteiger partial charge in [0.05, 0.1) is 5.70 Å². The highest BCUT2D eigenvalue weighted by Crippen LogP contribution is 1.97. The molecule has 0 saturated heterocycles. The van der Waals surface area contributed by atoms with Gasteiger partial charge in [0, 0.05) is 13.3 Å². The molecule has 0 aliphatic heterocycles. The molecule has 0 amide bonds. The van der Waals surface area contributed by atoms with Crippen molar-refractivity contribution in [3.63, 3.8) is 0 Å². The summed E-state index contributed by atoms with van der Waals surface area (Å²) < 4.78 is 0. The van der Waals surface area contributed by atoms with Gasteiger partial charge in [0.2, 0.25) is 0 Å². The van der Waals surface area contributed by atoms with Crippen molar-refractivity contribution in [2.24, 2.45) is 21.6 Å². The minimum atomic E-state index is 0.435. The van der Waals surface area contributed by atoms with Crippen molar-refractivity contribution in [1.29, 1.82) is 0 Å². The van der Waals surface area contributed by atoms with Crippen LogP contribution in [0.4, 0.5) is 0 Å². The van der Waals surface area contributed by atoms with Crippen LogP contribution in [-0.2, 0) is 0 Å². The molecule has 0 spiro atoms. The van der Waals surface area contributed by atoms with Crippen molar-refractivity contribution in [2.75, 3.05) is 7.05 Å². The number of hydrogen-bond donors (Lipinski definition) is 1. The standard InChI is InChI=1S/C9H17N3/c1-5-8(9(10)11-4)12-6-7(2)3/h5-7H,1-4H3,(H2,10,11). The Balaban J connectivity index is 4.41. The van der Waals surface area contributed by atoms with E-state index in [2.05, 4.69) is 23.8 Å². The number of allylic oxidation sites excluding steroid dienone is 1. The van der Waals surface area contributed by atoms with Crippen LogP contribution in [0.5, 0.6) is 0 Å². The molecule has 0 unspecified atom stereocenters. The predicted molar refractivity (Wildman–Crippen MR) is 54.6 cm³/mol. The average molecular weight is 167 g/mol. The Labute approximate surface area is 74.1 Å². The molecule has 0 radical (unpaired) electrons. The molecule has 0 aromatic carbocycles. The van der Waals surface area contributed by atoms with Gasteiger partial charge in [0.25, 0.3) is 0 Å². The third-order valence-electron chi connectivity index (χ3n) is 1.29. The van der Waals surface area contributed by atoms with Crippen molar-refractivity contribution in [3.8, 4) is 0 Å². The molecule has 0 aliphatic rings. The number of rotatable bonds is 3. The average Bonchev–Trinajstić information content (AvgIpc) is 2.04. The molecule has 3 heteroatoms. The van der Waals surface area contributed by atoms with Crippen LogP contribution in [0.3, 0.4) is 0 Å². The molecule has 0 bridgehead atoms. The molecule has 0 aromatic rings. The minimum Gasteiger partial charge on any atom is -0.382 e. The lowest BCUT2D eigenvalue weighted by Crippen LogP contribution is -2.13. The van der Waals surface area contributed by atoms with Crippen molar-refractivity contribution >= 4 is 12.1 Å². The van der Waals surface area contributed by atoms with Crippen molar-refractivity contribution in [3.05, 3.63) is 11.8 Å². The van der Waals surface area contributed by atoms with E-state index < -0.39 is 0 Å². The van der Waals surface area contributed by atoms with E-state index in [0.29, 0.717) is 11.8 Å². The molecule has 12 heavy (non-hydrogen) atoms. The van der Waals surface area contributed by atoms with E-state index in [1.165, 1.54) is 0 Å². The molecular formula is C9H17N3. The fraction of sp³-hybridized carbons (Fsp3) is 0.556. The Morgan fingerprint density at radius 3 is 2.33 bits per heavy atom. The second-order valence-electron chi connectivity index (χ2n) is 2.80. The quantitative estimate of drug-likeness (QED) is 0.504. The maximum atomic E-state index is 5.58. The smallest absolute Gasteiger partial charge is 0.143 e. The van der Waals surface area contributed by atoms with Crippen molar-refractivity contribution in [1.82, 2.24) is 0 Å². The van der Waals surface area contributed by atoms with Crippen LogP contribution in [-0.4, -0.2) is 19.1 Å². The van der Waals surface area contributed by atoms with Gasteiger partial charge in [-0.3, -0.25) is 9.98 Å². The van der Waals surface area contributed by atoms with Gasteiger partial charge in [0.15, 0.2) is 0 Å². The first-order chi connectivity index (χ1) is 5.61. The zero-order valence-electron chi connectivity index (χ0n) is 8.20. The summed E-state index contributed by atoms with van der Waals surface area (Å²) in [5.74, 6) is 0.916. The lowest BCUT2D eigenvalue weighted by Gasteiger charge is -1.99. The van der Waals surface area contributed by atoms with Gasteiger partial charge in [-0.2, -0.15) is 0 Å². The number of aliphatic imine (C=N–C) groups is 2. The lowest BCUT2D eigenvalue weighted by atomic mass is 10.2. The Kier molecular flexibility index (Phi) is 5.00. The largest absolute Gasteiger partial charge is 0.382 e. The number of amidine groups is 1. The van der Waals surface area contributed by atoms with Crippen LogP contribution >= 0.6 is 0 Å². The third-order valence-corrected chi connectivity index (χ3v) is 1.29. The van der Waals surface area contributed by atoms with Gasteiger partial charge in [-0.1, -0.05) is 19.9 Å². The highest BCUT2D eigenvalue weighted by molar-refractivity contribution is 5.97. The summed E-state index contributed by atoms with van der Waals surface area (Å²) in [6.07, 6.45) is 3.70. The van der Waals surface area contributed by atoms with Crippen LogP contribution in [0, 0.1) is 5.92 Å². The summed E-state index contributed by atoms with van der Waals surface area (Å²) in [7, 11) is 1.66. The van der Waals surface area contributed by atoms with E-state index in [-0.39, 0.29) is 0 Å². The molecular weight excluding hydrogens is 150 g/mol. The molecule has 0 atom stereocenters. The Bertz CT molecular complexity index is 212. The first-order valence-electron chi connectivity index (χ1n) is 4.05. The highest BCUT2D eigenvalue weighted by atomic mass is 14.9.